The summed E-state index contributed by atoms with van der Waals surface area (Å²) in [6.07, 6.45) is 0. The highest BCUT2D eigenvalue weighted by Crippen LogP contribution is 2.48. The van der Waals surface area contributed by atoms with Crippen LogP contribution in [0.4, 0.5) is 0 Å². The summed E-state index contributed by atoms with van der Waals surface area (Å²) in [5, 5.41) is 9.78. The molecular formula is C52H30N2S. The third-order valence-corrected chi connectivity index (χ3v) is 12.5. The van der Waals surface area contributed by atoms with Crippen LogP contribution in [0.25, 0.3) is 108 Å². The van der Waals surface area contributed by atoms with E-state index < -0.39 is 0 Å². The van der Waals surface area contributed by atoms with Crippen LogP contribution in [-0.4, -0.2) is 9.13 Å². The Balaban J connectivity index is 1.14. The molecule has 12 rings (SSSR count). The van der Waals surface area contributed by atoms with Gasteiger partial charge in [-0.05, 0) is 94.2 Å². The van der Waals surface area contributed by atoms with Gasteiger partial charge < -0.3 is 9.13 Å². The first kappa shape index (κ1) is 30.4. The highest BCUT2D eigenvalue weighted by Gasteiger charge is 2.22. The highest BCUT2D eigenvalue weighted by molar-refractivity contribution is 7.26. The van der Waals surface area contributed by atoms with Crippen molar-refractivity contribution in [2.24, 2.45) is 0 Å². The lowest BCUT2D eigenvalue weighted by atomic mass is 9.97. The SMILES string of the molecule is c1ccc2c(c#1)c1cc(-c3ccc4c(c3)c3ccccc3n4-c3cccc(-c4ccccc4)c3)c3sc4ccccc4c3c1n2-c1ccc2ccccc2c1. The van der Waals surface area contributed by atoms with Crippen LogP contribution in [-0.2, 0) is 0 Å². The minimum Gasteiger partial charge on any atom is -0.309 e. The molecule has 3 heterocycles. The van der Waals surface area contributed by atoms with Crippen LogP contribution in [0, 0.1) is 12.1 Å². The molecule has 9 aromatic carbocycles. The van der Waals surface area contributed by atoms with Gasteiger partial charge in [-0.1, -0.05) is 127 Å². The van der Waals surface area contributed by atoms with Crippen molar-refractivity contribution in [1.29, 1.82) is 0 Å². The van der Waals surface area contributed by atoms with E-state index in [1.165, 1.54) is 85.9 Å². The lowest BCUT2D eigenvalue weighted by Gasteiger charge is -2.12. The number of para-hydroxylation sites is 1. The molecule has 55 heavy (non-hydrogen) atoms. The second-order valence-corrected chi connectivity index (χ2v) is 15.4. The Labute approximate surface area is 321 Å². The van der Waals surface area contributed by atoms with Gasteiger partial charge in [0.05, 0.1) is 27.5 Å². The van der Waals surface area contributed by atoms with E-state index >= 15 is 0 Å². The molecular weight excluding hydrogens is 685 g/mol. The highest BCUT2D eigenvalue weighted by atomic mass is 32.1. The molecule has 0 aliphatic heterocycles. The van der Waals surface area contributed by atoms with Crippen molar-refractivity contribution in [3.63, 3.8) is 0 Å². The average molecular weight is 715 g/mol. The molecule has 0 N–H and O–H groups in total. The summed E-state index contributed by atoms with van der Waals surface area (Å²) >= 11 is 1.89. The van der Waals surface area contributed by atoms with Gasteiger partial charge in [0.15, 0.2) is 0 Å². The minimum absolute atomic E-state index is 1.08. The van der Waals surface area contributed by atoms with Crippen LogP contribution >= 0.6 is 11.3 Å². The largest absolute Gasteiger partial charge is 0.309 e. The zero-order valence-electron chi connectivity index (χ0n) is 29.6. The van der Waals surface area contributed by atoms with Gasteiger partial charge in [-0.2, -0.15) is 0 Å². The zero-order valence-corrected chi connectivity index (χ0v) is 30.4. The fourth-order valence-electron chi connectivity index (χ4n) is 8.87. The van der Waals surface area contributed by atoms with Gasteiger partial charge in [0.2, 0.25) is 0 Å². The summed E-state index contributed by atoms with van der Waals surface area (Å²) in [7, 11) is 0. The van der Waals surface area contributed by atoms with Crippen molar-refractivity contribution in [3.8, 4) is 33.6 Å². The molecule has 3 aromatic heterocycles. The molecule has 2 nitrogen and oxygen atoms in total. The van der Waals surface area contributed by atoms with Crippen LogP contribution in [0.15, 0.2) is 182 Å². The Kier molecular flexibility index (Phi) is 6.45. The first-order valence-corrected chi connectivity index (χ1v) is 19.5. The van der Waals surface area contributed by atoms with Crippen molar-refractivity contribution in [3.05, 3.63) is 194 Å². The van der Waals surface area contributed by atoms with Crippen LogP contribution in [0.5, 0.6) is 0 Å². The summed E-state index contributed by atoms with van der Waals surface area (Å²) < 4.78 is 7.45. The number of thiophene rings is 1. The Morgan fingerprint density at radius 2 is 1.20 bits per heavy atom. The zero-order chi connectivity index (χ0) is 36.0. The fraction of sp³-hybridized carbons (Fsp3) is 0. The Bertz CT molecular complexity index is 3490. The minimum atomic E-state index is 1.08. The predicted octanol–water partition coefficient (Wildman–Crippen LogP) is 14.3. The maximum atomic E-state index is 3.55. The first-order chi connectivity index (χ1) is 27.3. The molecule has 0 aliphatic carbocycles. The quantitative estimate of drug-likeness (QED) is 0.172. The maximum Gasteiger partial charge on any atom is 0.0641 e. The van der Waals surface area contributed by atoms with Crippen LogP contribution in [0.2, 0.25) is 0 Å². The number of fused-ring (bicyclic) bond motifs is 11. The second-order valence-electron chi connectivity index (χ2n) is 14.4. The van der Waals surface area contributed by atoms with Gasteiger partial charge in [0.1, 0.15) is 0 Å². The van der Waals surface area contributed by atoms with Gasteiger partial charge in [0.25, 0.3) is 0 Å². The summed E-state index contributed by atoms with van der Waals surface area (Å²) in [5.41, 5.74) is 11.9. The molecule has 0 bridgehead atoms. The molecule has 0 fully saturated rings. The van der Waals surface area contributed by atoms with E-state index in [4.69, 9.17) is 0 Å². The molecule has 0 amide bonds. The third kappa shape index (κ3) is 4.50. The summed E-state index contributed by atoms with van der Waals surface area (Å²) in [6.45, 7) is 0. The van der Waals surface area contributed by atoms with Crippen LogP contribution in [0.3, 0.4) is 0 Å². The Morgan fingerprint density at radius 1 is 0.436 bits per heavy atom. The van der Waals surface area contributed by atoms with Gasteiger partial charge >= 0.3 is 0 Å². The van der Waals surface area contributed by atoms with E-state index in [-0.39, 0.29) is 0 Å². The third-order valence-electron chi connectivity index (χ3n) is 11.3. The standard InChI is InChI=1S/C52H30N2S/c1-2-13-33(14-3-1)36-17-12-18-38(29-36)53-46-22-9-6-19-40(46)44-31-37(26-28-48(44)53)43-32-45-41-20-7-10-23-47(41)54(39-27-25-34-15-4-5-16-35(34)30-39)51(45)50-42-21-8-11-24-49(42)55-52(43)50/h1-6,8-19,21-32H. The predicted molar refractivity (Wildman–Crippen MR) is 234 cm³/mol. The lowest BCUT2D eigenvalue weighted by Crippen LogP contribution is -1.95. The second kappa shape index (κ2) is 11.7. The molecule has 0 saturated heterocycles. The molecule has 3 heteroatoms. The van der Waals surface area contributed by atoms with E-state index in [0.717, 1.165) is 22.3 Å². The van der Waals surface area contributed by atoms with Gasteiger partial charge in [-0.15, -0.1) is 11.3 Å². The molecule has 0 aliphatic rings. The maximum absolute atomic E-state index is 3.55. The van der Waals surface area contributed by atoms with Gasteiger partial charge in [-0.3, -0.25) is 0 Å². The van der Waals surface area contributed by atoms with E-state index in [0.29, 0.717) is 0 Å². The Hall–Kier alpha value is -7.12. The molecule has 12 aromatic rings. The van der Waals surface area contributed by atoms with Gasteiger partial charge in [-0.25, -0.2) is 0 Å². The molecule has 0 atom stereocenters. The Morgan fingerprint density at radius 3 is 2.13 bits per heavy atom. The smallest absolute Gasteiger partial charge is 0.0641 e. The monoisotopic (exact) mass is 714 g/mol. The van der Waals surface area contributed by atoms with Crippen molar-refractivity contribution in [1.82, 2.24) is 9.13 Å². The fourth-order valence-corrected chi connectivity index (χ4v) is 10.1. The molecule has 0 saturated carbocycles. The summed E-state index contributed by atoms with van der Waals surface area (Å²) in [6, 6.07) is 73.1. The summed E-state index contributed by atoms with van der Waals surface area (Å²) in [4.78, 5) is 0. The normalized spacial score (nSPS) is 11.9. The van der Waals surface area contributed by atoms with E-state index in [2.05, 4.69) is 197 Å². The van der Waals surface area contributed by atoms with Gasteiger partial charge in [0, 0.05) is 53.3 Å². The van der Waals surface area contributed by atoms with E-state index in [1.54, 1.807) is 0 Å². The molecule has 0 unspecified atom stereocenters. The number of nitrogens with zero attached hydrogens (tertiary/aromatic N) is 2. The number of hydrogen-bond donors (Lipinski definition) is 0. The van der Waals surface area contributed by atoms with Crippen LogP contribution < -0.4 is 0 Å². The van der Waals surface area contributed by atoms with Crippen molar-refractivity contribution < 1.29 is 0 Å². The van der Waals surface area contributed by atoms with Crippen molar-refractivity contribution in [2.45, 2.75) is 0 Å². The average Bonchev–Trinajstić information content (AvgIpc) is 3.91. The van der Waals surface area contributed by atoms with Crippen molar-refractivity contribution >= 4 is 85.9 Å². The van der Waals surface area contributed by atoms with E-state index in [1.807, 2.05) is 17.4 Å². The number of benzene rings is 8. The first-order valence-electron chi connectivity index (χ1n) is 18.7. The topological polar surface area (TPSA) is 9.86 Å². The number of hydrogen-bond acceptors (Lipinski definition) is 1. The number of rotatable bonds is 4. The van der Waals surface area contributed by atoms with Crippen LogP contribution in [0.1, 0.15) is 0 Å². The number of aromatic nitrogens is 2. The molecule has 0 radical (unpaired) electrons. The summed E-state index contributed by atoms with van der Waals surface area (Å²) in [5.74, 6) is 0. The lowest BCUT2D eigenvalue weighted by molar-refractivity contribution is 1.18. The van der Waals surface area contributed by atoms with E-state index in [9.17, 15) is 0 Å². The van der Waals surface area contributed by atoms with Crippen molar-refractivity contribution in [2.75, 3.05) is 0 Å². The molecule has 0 spiro atoms. The molecule has 254 valence electrons.